The van der Waals surface area contributed by atoms with Crippen molar-refractivity contribution in [2.24, 2.45) is 0 Å². The number of likely N-dealkylation sites (tertiary alicyclic amines) is 1. The molecule has 8 heteroatoms. The Hall–Kier alpha value is -2.74. The first-order valence-electron chi connectivity index (χ1n) is 11.5. The van der Waals surface area contributed by atoms with Crippen molar-refractivity contribution in [3.05, 3.63) is 47.2 Å². The van der Waals surface area contributed by atoms with Crippen LogP contribution in [0.1, 0.15) is 48.8 Å². The van der Waals surface area contributed by atoms with Crippen molar-refractivity contribution >= 4 is 17.4 Å². The highest BCUT2D eigenvalue weighted by atomic mass is 19.1. The Kier molecular flexibility index (Phi) is 6.89. The van der Waals surface area contributed by atoms with Crippen LogP contribution in [-0.4, -0.2) is 66.5 Å². The summed E-state index contributed by atoms with van der Waals surface area (Å²) in [4.78, 5) is 29.0. The van der Waals surface area contributed by atoms with Crippen molar-refractivity contribution in [3.63, 3.8) is 0 Å². The zero-order chi connectivity index (χ0) is 22.7. The van der Waals surface area contributed by atoms with Crippen LogP contribution in [0.2, 0.25) is 0 Å². The molecule has 0 saturated carbocycles. The molecule has 1 atom stereocenters. The summed E-state index contributed by atoms with van der Waals surface area (Å²) in [6, 6.07) is 6.56. The number of benzene rings is 1. The van der Waals surface area contributed by atoms with E-state index >= 15 is 0 Å². The predicted molar refractivity (Wildman–Crippen MR) is 124 cm³/mol. The molecule has 0 aliphatic carbocycles. The standard InChI is InChI=1S/C24H33FN6O/c1-26-23-17-16-29(2)14-11-19(17)27-24(28-23)21-10-6-7-13-31(21)22(32)12-15-30(3)20-9-5-4-8-18(20)25/h4-5,8-9,21H,6-7,10-16H2,1-3H3,(H,26,27,28). The van der Waals surface area contributed by atoms with Crippen molar-refractivity contribution in [1.29, 1.82) is 0 Å². The van der Waals surface area contributed by atoms with Gasteiger partial charge in [-0.05, 0) is 38.4 Å². The molecule has 32 heavy (non-hydrogen) atoms. The van der Waals surface area contributed by atoms with Crippen molar-refractivity contribution in [1.82, 2.24) is 19.8 Å². The number of hydrogen-bond donors (Lipinski definition) is 1. The summed E-state index contributed by atoms with van der Waals surface area (Å²) in [6.07, 6.45) is 4.14. The van der Waals surface area contributed by atoms with Gasteiger partial charge in [0.15, 0.2) is 5.82 Å². The molecule has 1 amide bonds. The van der Waals surface area contributed by atoms with Crippen molar-refractivity contribution < 1.29 is 9.18 Å². The summed E-state index contributed by atoms with van der Waals surface area (Å²) in [5, 5.41) is 3.24. The van der Waals surface area contributed by atoms with Gasteiger partial charge in [0.25, 0.3) is 0 Å². The van der Waals surface area contributed by atoms with Crippen molar-refractivity contribution in [2.45, 2.75) is 44.7 Å². The number of carbonyl (C=O) groups excluding carboxylic acids is 1. The molecule has 0 radical (unpaired) electrons. The van der Waals surface area contributed by atoms with E-state index in [1.165, 1.54) is 6.07 Å². The Morgan fingerprint density at radius 3 is 2.84 bits per heavy atom. The van der Waals surface area contributed by atoms with Gasteiger partial charge in [0.1, 0.15) is 11.6 Å². The number of aromatic nitrogens is 2. The Morgan fingerprint density at radius 1 is 1.25 bits per heavy atom. The van der Waals surface area contributed by atoms with Crippen LogP contribution >= 0.6 is 0 Å². The molecule has 2 aromatic rings. The Balaban J connectivity index is 1.50. The molecule has 0 bridgehead atoms. The highest BCUT2D eigenvalue weighted by Gasteiger charge is 2.32. The van der Waals surface area contributed by atoms with Gasteiger partial charge in [0.2, 0.25) is 5.91 Å². The molecular weight excluding hydrogens is 407 g/mol. The van der Waals surface area contributed by atoms with E-state index in [1.807, 2.05) is 25.1 Å². The molecule has 1 aromatic carbocycles. The summed E-state index contributed by atoms with van der Waals surface area (Å²) in [6.45, 7) is 2.98. The second-order valence-corrected chi connectivity index (χ2v) is 8.82. The van der Waals surface area contributed by atoms with Gasteiger partial charge in [-0.2, -0.15) is 0 Å². The zero-order valence-electron chi connectivity index (χ0n) is 19.3. The number of nitrogens with one attached hydrogen (secondary N) is 1. The minimum atomic E-state index is -0.272. The summed E-state index contributed by atoms with van der Waals surface area (Å²) < 4.78 is 14.1. The van der Waals surface area contributed by atoms with Crippen LogP contribution in [0.4, 0.5) is 15.9 Å². The topological polar surface area (TPSA) is 64.6 Å². The van der Waals surface area contributed by atoms with Crippen LogP contribution in [0.5, 0.6) is 0 Å². The van der Waals surface area contributed by atoms with Crippen LogP contribution in [0, 0.1) is 5.82 Å². The number of piperidine rings is 1. The molecule has 1 aromatic heterocycles. The van der Waals surface area contributed by atoms with E-state index in [1.54, 1.807) is 17.0 Å². The van der Waals surface area contributed by atoms with E-state index in [4.69, 9.17) is 9.97 Å². The number of halogens is 1. The monoisotopic (exact) mass is 440 g/mol. The Bertz CT molecular complexity index is 950. The second kappa shape index (κ2) is 9.81. The molecule has 2 aliphatic rings. The van der Waals surface area contributed by atoms with E-state index in [0.717, 1.165) is 61.7 Å². The average molecular weight is 441 g/mol. The van der Waals surface area contributed by atoms with Crippen LogP contribution < -0.4 is 10.2 Å². The number of nitrogens with zero attached hydrogens (tertiary/aromatic N) is 5. The van der Waals surface area contributed by atoms with Crippen LogP contribution in [0.25, 0.3) is 0 Å². The molecular formula is C24H33FN6O. The van der Waals surface area contributed by atoms with E-state index in [9.17, 15) is 9.18 Å². The molecule has 1 N–H and O–H groups in total. The number of hydrogen-bond acceptors (Lipinski definition) is 6. The number of likely N-dealkylation sites (N-methyl/N-ethyl adjacent to an activating group) is 1. The molecule has 4 rings (SSSR count). The van der Waals surface area contributed by atoms with E-state index in [2.05, 4.69) is 17.3 Å². The number of amides is 1. The lowest BCUT2D eigenvalue weighted by Gasteiger charge is -2.36. The maximum absolute atomic E-state index is 14.1. The van der Waals surface area contributed by atoms with E-state index in [0.29, 0.717) is 25.2 Å². The normalized spacial score (nSPS) is 18.9. The Labute approximate surface area is 189 Å². The van der Waals surface area contributed by atoms with Crippen LogP contribution in [-0.2, 0) is 17.8 Å². The van der Waals surface area contributed by atoms with Crippen molar-refractivity contribution in [2.75, 3.05) is 51.0 Å². The van der Waals surface area contributed by atoms with Gasteiger partial charge in [-0.3, -0.25) is 4.79 Å². The van der Waals surface area contributed by atoms with Gasteiger partial charge in [-0.15, -0.1) is 0 Å². The molecule has 1 saturated heterocycles. The quantitative estimate of drug-likeness (QED) is 0.744. The highest BCUT2D eigenvalue weighted by molar-refractivity contribution is 5.77. The number of para-hydroxylation sites is 1. The minimum absolute atomic E-state index is 0.0740. The molecule has 3 heterocycles. The summed E-state index contributed by atoms with van der Waals surface area (Å²) >= 11 is 0. The summed E-state index contributed by atoms with van der Waals surface area (Å²) in [5.41, 5.74) is 2.76. The number of carbonyl (C=O) groups is 1. The molecule has 1 fully saturated rings. The lowest BCUT2D eigenvalue weighted by atomic mass is 9.99. The third-order valence-corrected chi connectivity index (χ3v) is 6.55. The van der Waals surface area contributed by atoms with E-state index in [-0.39, 0.29) is 17.8 Å². The third kappa shape index (κ3) is 4.70. The SMILES string of the molecule is CNc1nc(C2CCCCN2C(=O)CCN(C)c2ccccc2F)nc2c1CN(C)CC2. The number of anilines is 2. The van der Waals surface area contributed by atoms with Gasteiger partial charge in [-0.1, -0.05) is 12.1 Å². The zero-order valence-corrected chi connectivity index (χ0v) is 19.3. The van der Waals surface area contributed by atoms with Gasteiger partial charge >= 0.3 is 0 Å². The first-order valence-corrected chi connectivity index (χ1v) is 11.5. The fourth-order valence-electron chi connectivity index (χ4n) is 4.71. The van der Waals surface area contributed by atoms with Crippen molar-refractivity contribution in [3.8, 4) is 0 Å². The lowest BCUT2D eigenvalue weighted by molar-refractivity contribution is -0.135. The minimum Gasteiger partial charge on any atom is -0.373 e. The van der Waals surface area contributed by atoms with Gasteiger partial charge < -0.3 is 20.0 Å². The lowest BCUT2D eigenvalue weighted by Crippen LogP contribution is -2.41. The third-order valence-electron chi connectivity index (χ3n) is 6.55. The first-order chi connectivity index (χ1) is 15.5. The molecule has 172 valence electrons. The van der Waals surface area contributed by atoms with E-state index < -0.39 is 0 Å². The molecule has 0 spiro atoms. The smallest absolute Gasteiger partial charge is 0.224 e. The summed E-state index contributed by atoms with van der Waals surface area (Å²) in [5.74, 6) is 1.41. The maximum atomic E-state index is 14.1. The summed E-state index contributed by atoms with van der Waals surface area (Å²) in [7, 11) is 5.82. The highest BCUT2D eigenvalue weighted by Crippen LogP contribution is 2.32. The fourth-order valence-corrected chi connectivity index (χ4v) is 4.71. The molecule has 7 nitrogen and oxygen atoms in total. The maximum Gasteiger partial charge on any atom is 0.224 e. The van der Waals surface area contributed by atoms with Gasteiger partial charge in [0, 0.05) is 58.7 Å². The number of rotatable bonds is 6. The first kappa shape index (κ1) is 22.5. The largest absolute Gasteiger partial charge is 0.373 e. The number of fused-ring (bicyclic) bond motifs is 1. The molecule has 2 aliphatic heterocycles. The average Bonchev–Trinajstić information content (AvgIpc) is 2.82. The van der Waals surface area contributed by atoms with Gasteiger partial charge in [-0.25, -0.2) is 14.4 Å². The Morgan fingerprint density at radius 2 is 2.06 bits per heavy atom. The molecule has 1 unspecified atom stereocenters. The fraction of sp³-hybridized carbons (Fsp3) is 0.542. The second-order valence-electron chi connectivity index (χ2n) is 8.82. The predicted octanol–water partition coefficient (Wildman–Crippen LogP) is 3.23. The van der Waals surface area contributed by atoms with Crippen LogP contribution in [0.15, 0.2) is 24.3 Å². The van der Waals surface area contributed by atoms with Crippen LogP contribution in [0.3, 0.4) is 0 Å². The van der Waals surface area contributed by atoms with Gasteiger partial charge in [0.05, 0.1) is 17.4 Å².